The Kier molecular flexibility index (Phi) is 7.00. The summed E-state index contributed by atoms with van der Waals surface area (Å²) in [5, 5.41) is 4.74. The quantitative estimate of drug-likeness (QED) is 0.541. The molecule has 0 aliphatic rings. The van der Waals surface area contributed by atoms with E-state index < -0.39 is 0 Å². The number of hydrogen-bond donors (Lipinski definition) is 0. The largest absolute Gasteiger partial charge is 0.493 e. The van der Waals surface area contributed by atoms with Gasteiger partial charge in [0.1, 0.15) is 0 Å². The molecule has 0 fully saturated rings. The molecule has 0 saturated heterocycles. The molecule has 31 heavy (non-hydrogen) atoms. The molecule has 0 unspecified atom stereocenters. The van der Waals surface area contributed by atoms with E-state index in [0.717, 1.165) is 33.8 Å². The highest BCUT2D eigenvalue weighted by Crippen LogP contribution is 2.31. The van der Waals surface area contributed by atoms with Crippen LogP contribution in [0.2, 0.25) is 0 Å². The summed E-state index contributed by atoms with van der Waals surface area (Å²) in [6.45, 7) is 6.66. The van der Waals surface area contributed by atoms with Crippen molar-refractivity contribution in [3.05, 3.63) is 70.5 Å². The molecule has 3 rings (SSSR count). The number of methoxy groups -OCH3 is 2. The van der Waals surface area contributed by atoms with Gasteiger partial charge in [-0.25, -0.2) is 4.68 Å². The number of hydrogen-bond acceptors (Lipinski definition) is 4. The Hall–Kier alpha value is -3.28. The maximum absolute atomic E-state index is 12.9. The van der Waals surface area contributed by atoms with Crippen molar-refractivity contribution < 1.29 is 14.3 Å². The van der Waals surface area contributed by atoms with Crippen molar-refractivity contribution in [3.63, 3.8) is 0 Å². The van der Waals surface area contributed by atoms with Crippen LogP contribution in [-0.4, -0.2) is 41.9 Å². The average molecular weight is 422 g/mol. The number of ether oxygens (including phenoxy) is 2. The number of benzene rings is 2. The van der Waals surface area contributed by atoms with Crippen molar-refractivity contribution in [2.45, 2.75) is 40.2 Å². The van der Waals surface area contributed by atoms with Gasteiger partial charge in [-0.3, -0.25) is 4.79 Å². The Labute approximate surface area is 184 Å². The van der Waals surface area contributed by atoms with Crippen LogP contribution < -0.4 is 9.47 Å². The van der Waals surface area contributed by atoms with Gasteiger partial charge < -0.3 is 14.4 Å². The fraction of sp³-hybridized carbons (Fsp3) is 0.360. The summed E-state index contributed by atoms with van der Waals surface area (Å²) in [7, 11) is 5.07. The van der Waals surface area contributed by atoms with Crippen LogP contribution in [0.25, 0.3) is 5.69 Å². The number of nitrogens with zero attached hydrogens (tertiary/aromatic N) is 3. The number of carbonyl (C=O) groups is 1. The minimum atomic E-state index is 0.0762. The maximum atomic E-state index is 12.9. The van der Waals surface area contributed by atoms with E-state index in [0.29, 0.717) is 30.9 Å². The Morgan fingerprint density at radius 1 is 1.03 bits per heavy atom. The number of para-hydroxylation sites is 2. The molecule has 1 amide bonds. The molecular formula is C25H31N3O3. The molecular weight excluding hydrogens is 390 g/mol. The smallest absolute Gasteiger partial charge is 0.222 e. The lowest BCUT2D eigenvalue weighted by atomic mass is 10.1. The van der Waals surface area contributed by atoms with Gasteiger partial charge in [-0.05, 0) is 50.5 Å². The second-order valence-electron chi connectivity index (χ2n) is 7.75. The summed E-state index contributed by atoms with van der Waals surface area (Å²) in [6, 6.07) is 13.9. The summed E-state index contributed by atoms with van der Waals surface area (Å²) >= 11 is 0. The summed E-state index contributed by atoms with van der Waals surface area (Å²) in [5.74, 6) is 1.44. The van der Waals surface area contributed by atoms with Gasteiger partial charge in [0.25, 0.3) is 0 Å². The SMILES string of the molecule is COc1cccc(CCC(=O)N(C)Cc2c(C)nn(-c3ccccc3C)c2C)c1OC. The average Bonchev–Trinajstić information content (AvgIpc) is 3.05. The van der Waals surface area contributed by atoms with Crippen molar-refractivity contribution >= 4 is 5.91 Å². The molecule has 2 aromatic carbocycles. The molecule has 164 valence electrons. The third-order valence-electron chi connectivity index (χ3n) is 5.70. The molecule has 1 aromatic heterocycles. The van der Waals surface area contributed by atoms with E-state index in [1.807, 2.05) is 49.0 Å². The molecule has 0 N–H and O–H groups in total. The van der Waals surface area contributed by atoms with Crippen molar-refractivity contribution in [3.8, 4) is 17.2 Å². The van der Waals surface area contributed by atoms with Crippen LogP contribution in [0.1, 0.15) is 34.5 Å². The van der Waals surface area contributed by atoms with Crippen LogP contribution in [0.5, 0.6) is 11.5 Å². The van der Waals surface area contributed by atoms with Crippen LogP contribution in [-0.2, 0) is 17.8 Å². The molecule has 1 heterocycles. The topological polar surface area (TPSA) is 56.6 Å². The fourth-order valence-electron chi connectivity index (χ4n) is 3.85. The second-order valence-corrected chi connectivity index (χ2v) is 7.75. The predicted molar refractivity (Wildman–Crippen MR) is 122 cm³/mol. The Morgan fingerprint density at radius 3 is 2.45 bits per heavy atom. The summed E-state index contributed by atoms with van der Waals surface area (Å²) < 4.78 is 12.8. The first-order valence-corrected chi connectivity index (χ1v) is 10.4. The van der Waals surface area contributed by atoms with Gasteiger partial charge in [0.15, 0.2) is 11.5 Å². The van der Waals surface area contributed by atoms with E-state index in [4.69, 9.17) is 14.6 Å². The van der Waals surface area contributed by atoms with Crippen LogP contribution in [0, 0.1) is 20.8 Å². The third kappa shape index (κ3) is 4.74. The fourth-order valence-corrected chi connectivity index (χ4v) is 3.85. The van der Waals surface area contributed by atoms with Gasteiger partial charge in [0, 0.05) is 31.3 Å². The highest BCUT2D eigenvalue weighted by Gasteiger charge is 2.19. The van der Waals surface area contributed by atoms with Crippen molar-refractivity contribution in [2.75, 3.05) is 21.3 Å². The van der Waals surface area contributed by atoms with E-state index in [9.17, 15) is 4.79 Å². The van der Waals surface area contributed by atoms with Crippen LogP contribution >= 0.6 is 0 Å². The van der Waals surface area contributed by atoms with Crippen molar-refractivity contribution in [2.24, 2.45) is 0 Å². The van der Waals surface area contributed by atoms with E-state index in [1.165, 1.54) is 0 Å². The number of aryl methyl sites for hydroxylation is 3. The first-order valence-electron chi connectivity index (χ1n) is 10.4. The molecule has 6 heteroatoms. The van der Waals surface area contributed by atoms with Gasteiger partial charge in [-0.2, -0.15) is 5.10 Å². The van der Waals surface area contributed by atoms with Gasteiger partial charge in [-0.1, -0.05) is 30.3 Å². The highest BCUT2D eigenvalue weighted by atomic mass is 16.5. The summed E-state index contributed by atoms with van der Waals surface area (Å²) in [5.41, 5.74) is 6.27. The third-order valence-corrected chi connectivity index (χ3v) is 5.70. The van der Waals surface area contributed by atoms with Gasteiger partial charge >= 0.3 is 0 Å². The molecule has 0 radical (unpaired) electrons. The molecule has 6 nitrogen and oxygen atoms in total. The van der Waals surface area contributed by atoms with E-state index in [-0.39, 0.29) is 5.91 Å². The van der Waals surface area contributed by atoms with Gasteiger partial charge in [0.05, 0.1) is 25.6 Å². The molecule has 0 spiro atoms. The Morgan fingerprint density at radius 2 is 1.77 bits per heavy atom. The molecule has 0 saturated carbocycles. The van der Waals surface area contributed by atoms with Crippen LogP contribution in [0.15, 0.2) is 42.5 Å². The monoisotopic (exact) mass is 421 g/mol. The van der Waals surface area contributed by atoms with Crippen molar-refractivity contribution in [1.82, 2.24) is 14.7 Å². The minimum Gasteiger partial charge on any atom is -0.493 e. The summed E-state index contributed by atoms with van der Waals surface area (Å²) in [6.07, 6.45) is 0.980. The standard InChI is InChI=1S/C25H31N3O3/c1-17-10-7-8-12-22(17)28-19(3)21(18(2)26-28)16-27(4)24(29)15-14-20-11-9-13-23(30-5)25(20)31-6/h7-13H,14-16H2,1-6H3. The van der Waals surface area contributed by atoms with Crippen molar-refractivity contribution in [1.29, 1.82) is 0 Å². The number of amides is 1. The highest BCUT2D eigenvalue weighted by molar-refractivity contribution is 5.76. The zero-order valence-corrected chi connectivity index (χ0v) is 19.2. The van der Waals surface area contributed by atoms with Crippen LogP contribution in [0.3, 0.4) is 0 Å². The first-order chi connectivity index (χ1) is 14.9. The molecule has 0 aliphatic heterocycles. The van der Waals surface area contributed by atoms with E-state index >= 15 is 0 Å². The number of aromatic nitrogens is 2. The number of rotatable bonds is 8. The van der Waals surface area contributed by atoms with Gasteiger partial charge in [-0.15, -0.1) is 0 Å². The maximum Gasteiger partial charge on any atom is 0.222 e. The van der Waals surface area contributed by atoms with E-state index in [1.54, 1.807) is 19.1 Å². The minimum absolute atomic E-state index is 0.0762. The summed E-state index contributed by atoms with van der Waals surface area (Å²) in [4.78, 5) is 14.6. The second kappa shape index (κ2) is 9.69. The normalized spacial score (nSPS) is 10.8. The lowest BCUT2D eigenvalue weighted by Gasteiger charge is -2.18. The molecule has 0 atom stereocenters. The number of carbonyl (C=O) groups excluding carboxylic acids is 1. The Bertz CT molecular complexity index is 1070. The lowest BCUT2D eigenvalue weighted by molar-refractivity contribution is -0.130. The Balaban J connectivity index is 1.72. The van der Waals surface area contributed by atoms with E-state index in [2.05, 4.69) is 26.0 Å². The zero-order valence-electron chi connectivity index (χ0n) is 19.2. The molecule has 3 aromatic rings. The first kappa shape index (κ1) is 22.4. The molecule has 0 bridgehead atoms. The predicted octanol–water partition coefficient (Wildman–Crippen LogP) is 4.41. The molecule has 0 aliphatic carbocycles. The van der Waals surface area contributed by atoms with Crippen LogP contribution in [0.4, 0.5) is 0 Å². The lowest BCUT2D eigenvalue weighted by Crippen LogP contribution is -2.27. The zero-order chi connectivity index (χ0) is 22.5. The van der Waals surface area contributed by atoms with Gasteiger partial charge in [0.2, 0.25) is 5.91 Å².